The minimum Gasteiger partial charge on any atom is -0.383 e. The zero-order valence-corrected chi connectivity index (χ0v) is 11.0. The third-order valence-corrected chi connectivity index (χ3v) is 3.28. The standard InChI is InChI=1S/C12H24N2O3/c1-9(10-4-5-10)14(6-7-16-2)12(15)11(13)8-17-3/h9-11H,4-8,13H2,1-3H3. The first-order valence-corrected chi connectivity index (χ1v) is 6.15. The normalized spacial score (nSPS) is 18.8. The Morgan fingerprint density at radius 3 is 2.53 bits per heavy atom. The van der Waals surface area contributed by atoms with Gasteiger partial charge in [-0.2, -0.15) is 0 Å². The summed E-state index contributed by atoms with van der Waals surface area (Å²) in [6.45, 7) is 3.50. The Hall–Kier alpha value is -0.650. The summed E-state index contributed by atoms with van der Waals surface area (Å²) in [4.78, 5) is 14.0. The van der Waals surface area contributed by atoms with Gasteiger partial charge in [0.05, 0.1) is 13.2 Å². The maximum Gasteiger partial charge on any atom is 0.242 e. The lowest BCUT2D eigenvalue weighted by Gasteiger charge is -2.31. The summed E-state index contributed by atoms with van der Waals surface area (Å²) in [6, 6.07) is -0.321. The SMILES string of the molecule is COCCN(C(=O)C(N)COC)C(C)C1CC1. The van der Waals surface area contributed by atoms with E-state index >= 15 is 0 Å². The molecule has 0 heterocycles. The van der Waals surface area contributed by atoms with E-state index in [0.717, 1.165) is 0 Å². The van der Waals surface area contributed by atoms with Gasteiger partial charge >= 0.3 is 0 Å². The monoisotopic (exact) mass is 244 g/mol. The van der Waals surface area contributed by atoms with Crippen LogP contribution in [-0.2, 0) is 14.3 Å². The number of hydrogen-bond acceptors (Lipinski definition) is 4. The summed E-state index contributed by atoms with van der Waals surface area (Å²) < 4.78 is 9.98. The van der Waals surface area contributed by atoms with Gasteiger partial charge in [0.25, 0.3) is 0 Å². The van der Waals surface area contributed by atoms with Gasteiger partial charge in [-0.05, 0) is 25.7 Å². The van der Waals surface area contributed by atoms with Gasteiger partial charge in [0.1, 0.15) is 6.04 Å². The van der Waals surface area contributed by atoms with Gasteiger partial charge in [-0.15, -0.1) is 0 Å². The summed E-state index contributed by atoms with van der Waals surface area (Å²) in [5, 5.41) is 0. The van der Waals surface area contributed by atoms with E-state index in [1.807, 2.05) is 4.90 Å². The van der Waals surface area contributed by atoms with E-state index in [2.05, 4.69) is 6.92 Å². The Morgan fingerprint density at radius 2 is 2.06 bits per heavy atom. The topological polar surface area (TPSA) is 64.8 Å². The average molecular weight is 244 g/mol. The molecule has 0 spiro atoms. The zero-order chi connectivity index (χ0) is 12.8. The summed E-state index contributed by atoms with van der Waals surface area (Å²) in [7, 11) is 3.19. The summed E-state index contributed by atoms with van der Waals surface area (Å²) in [5.41, 5.74) is 5.80. The van der Waals surface area contributed by atoms with Crippen molar-refractivity contribution in [2.24, 2.45) is 11.7 Å². The maximum atomic E-state index is 12.2. The third kappa shape index (κ3) is 4.26. The maximum absolute atomic E-state index is 12.2. The second-order valence-corrected chi connectivity index (χ2v) is 4.66. The molecule has 1 amide bonds. The molecule has 0 aromatic carbocycles. The van der Waals surface area contributed by atoms with E-state index in [-0.39, 0.29) is 18.6 Å². The van der Waals surface area contributed by atoms with Gasteiger partial charge in [-0.1, -0.05) is 0 Å². The van der Waals surface area contributed by atoms with Crippen molar-refractivity contribution in [2.75, 3.05) is 34.0 Å². The molecular formula is C12H24N2O3. The first kappa shape index (κ1) is 14.4. The molecule has 17 heavy (non-hydrogen) atoms. The molecule has 2 atom stereocenters. The van der Waals surface area contributed by atoms with E-state index in [9.17, 15) is 4.79 Å². The van der Waals surface area contributed by atoms with Crippen LogP contribution in [-0.4, -0.2) is 56.9 Å². The number of carbonyl (C=O) groups excluding carboxylic acids is 1. The second kappa shape index (κ2) is 6.93. The van der Waals surface area contributed by atoms with Gasteiger partial charge in [-0.3, -0.25) is 4.79 Å². The molecule has 1 fully saturated rings. The lowest BCUT2D eigenvalue weighted by atomic mass is 10.1. The van der Waals surface area contributed by atoms with Crippen molar-refractivity contribution < 1.29 is 14.3 Å². The quantitative estimate of drug-likeness (QED) is 0.664. The minimum atomic E-state index is -0.571. The van der Waals surface area contributed by atoms with Gasteiger partial charge in [-0.25, -0.2) is 0 Å². The van der Waals surface area contributed by atoms with Crippen LogP contribution in [0.2, 0.25) is 0 Å². The number of amides is 1. The molecule has 0 radical (unpaired) electrons. The number of rotatable bonds is 8. The average Bonchev–Trinajstić information content (AvgIpc) is 3.13. The smallest absolute Gasteiger partial charge is 0.242 e. The van der Waals surface area contributed by atoms with E-state index in [1.54, 1.807) is 14.2 Å². The molecular weight excluding hydrogens is 220 g/mol. The summed E-state index contributed by atoms with van der Waals surface area (Å²) in [6.07, 6.45) is 2.41. The summed E-state index contributed by atoms with van der Waals surface area (Å²) >= 11 is 0. The van der Waals surface area contributed by atoms with Gasteiger partial charge in [0.15, 0.2) is 0 Å². The first-order valence-electron chi connectivity index (χ1n) is 6.15. The third-order valence-electron chi connectivity index (χ3n) is 3.28. The second-order valence-electron chi connectivity index (χ2n) is 4.66. The number of ether oxygens (including phenoxy) is 2. The van der Waals surface area contributed by atoms with Crippen molar-refractivity contribution in [3.8, 4) is 0 Å². The number of carbonyl (C=O) groups is 1. The fourth-order valence-electron chi connectivity index (χ4n) is 2.00. The Bertz CT molecular complexity index is 244. The highest BCUT2D eigenvalue weighted by atomic mass is 16.5. The van der Waals surface area contributed by atoms with Gasteiger partial charge in [0, 0.05) is 26.8 Å². The first-order chi connectivity index (χ1) is 8.11. The largest absolute Gasteiger partial charge is 0.383 e. The molecule has 0 aromatic rings. The Labute approximate surface area is 103 Å². The fraction of sp³-hybridized carbons (Fsp3) is 0.917. The highest BCUT2D eigenvalue weighted by Crippen LogP contribution is 2.35. The van der Waals surface area contributed by atoms with Gasteiger partial charge in [0.2, 0.25) is 5.91 Å². The van der Waals surface area contributed by atoms with E-state index in [4.69, 9.17) is 15.2 Å². The molecule has 2 unspecified atom stereocenters. The van der Waals surface area contributed by atoms with Crippen LogP contribution in [0.25, 0.3) is 0 Å². The molecule has 0 aromatic heterocycles. The lowest BCUT2D eigenvalue weighted by Crippen LogP contribution is -2.51. The molecule has 1 aliphatic carbocycles. The highest BCUT2D eigenvalue weighted by Gasteiger charge is 2.35. The molecule has 0 saturated heterocycles. The van der Waals surface area contributed by atoms with Crippen molar-refractivity contribution in [3.63, 3.8) is 0 Å². The molecule has 1 aliphatic rings. The van der Waals surface area contributed by atoms with Crippen LogP contribution in [0.3, 0.4) is 0 Å². The fourth-order valence-corrected chi connectivity index (χ4v) is 2.00. The molecule has 0 aliphatic heterocycles. The van der Waals surface area contributed by atoms with E-state index in [0.29, 0.717) is 19.1 Å². The Balaban J connectivity index is 2.56. The van der Waals surface area contributed by atoms with Crippen molar-refractivity contribution in [2.45, 2.75) is 31.8 Å². The van der Waals surface area contributed by atoms with Gasteiger partial charge < -0.3 is 20.1 Å². The number of nitrogens with two attached hydrogens (primary N) is 1. The molecule has 2 N–H and O–H groups in total. The highest BCUT2D eigenvalue weighted by molar-refractivity contribution is 5.82. The van der Waals surface area contributed by atoms with E-state index < -0.39 is 6.04 Å². The van der Waals surface area contributed by atoms with Crippen LogP contribution >= 0.6 is 0 Å². The predicted octanol–water partition coefficient (Wildman–Crippen LogP) is 0.234. The summed E-state index contributed by atoms with van der Waals surface area (Å²) in [5.74, 6) is 0.592. The van der Waals surface area contributed by atoms with Crippen molar-refractivity contribution in [3.05, 3.63) is 0 Å². The Morgan fingerprint density at radius 1 is 1.41 bits per heavy atom. The van der Waals surface area contributed by atoms with Crippen LogP contribution < -0.4 is 5.73 Å². The molecule has 5 nitrogen and oxygen atoms in total. The van der Waals surface area contributed by atoms with Crippen molar-refractivity contribution in [1.29, 1.82) is 0 Å². The lowest BCUT2D eigenvalue weighted by molar-refractivity contribution is -0.137. The molecule has 1 rings (SSSR count). The minimum absolute atomic E-state index is 0.0386. The zero-order valence-electron chi connectivity index (χ0n) is 11.0. The predicted molar refractivity (Wildman–Crippen MR) is 65.6 cm³/mol. The number of methoxy groups -OCH3 is 2. The van der Waals surface area contributed by atoms with Crippen LogP contribution in [0, 0.1) is 5.92 Å². The molecule has 0 bridgehead atoms. The Kier molecular flexibility index (Phi) is 5.88. The van der Waals surface area contributed by atoms with E-state index in [1.165, 1.54) is 12.8 Å². The molecule has 1 saturated carbocycles. The molecule has 100 valence electrons. The number of hydrogen-bond donors (Lipinski definition) is 1. The number of nitrogens with zero attached hydrogens (tertiary/aromatic N) is 1. The van der Waals surface area contributed by atoms with Crippen LogP contribution in [0.5, 0.6) is 0 Å². The van der Waals surface area contributed by atoms with Crippen LogP contribution in [0.15, 0.2) is 0 Å². The van der Waals surface area contributed by atoms with Crippen LogP contribution in [0.4, 0.5) is 0 Å². The van der Waals surface area contributed by atoms with Crippen LogP contribution in [0.1, 0.15) is 19.8 Å². The van der Waals surface area contributed by atoms with Crippen molar-refractivity contribution in [1.82, 2.24) is 4.90 Å². The molecule has 5 heteroatoms. The van der Waals surface area contributed by atoms with Crippen molar-refractivity contribution >= 4 is 5.91 Å².